The highest BCUT2D eigenvalue weighted by Crippen LogP contribution is 2.22. The van der Waals surface area contributed by atoms with Gasteiger partial charge in [0.15, 0.2) is 5.57 Å². The minimum atomic E-state index is -0.760. The molecule has 0 spiro atoms. The van der Waals surface area contributed by atoms with Gasteiger partial charge in [-0.05, 0) is 19.1 Å². The van der Waals surface area contributed by atoms with Crippen LogP contribution in [0.1, 0.15) is 6.92 Å². The number of phenols is 1. The number of hydrogen-bond donors (Lipinski definition) is 3. The van der Waals surface area contributed by atoms with Crippen molar-refractivity contribution in [3.05, 3.63) is 35.6 Å². The van der Waals surface area contributed by atoms with Gasteiger partial charge in [0.1, 0.15) is 17.6 Å². The Bertz CT molecular complexity index is 482. The molecule has 5 heteroatoms. The number of aliphatic hydroxyl groups is 1. The van der Waals surface area contributed by atoms with Crippen LogP contribution in [0, 0.1) is 11.3 Å². The maximum Gasteiger partial charge on any atom is 0.269 e. The molecule has 0 radical (unpaired) electrons. The number of allylic oxidation sites excluding steroid dienone is 1. The van der Waals surface area contributed by atoms with E-state index in [1.807, 2.05) is 0 Å². The summed E-state index contributed by atoms with van der Waals surface area (Å²) in [4.78, 5) is 11.5. The van der Waals surface area contributed by atoms with Crippen LogP contribution in [0.5, 0.6) is 5.75 Å². The number of hydrogen-bond acceptors (Lipinski definition) is 4. The number of para-hydroxylation sites is 2. The Morgan fingerprint density at radius 3 is 2.56 bits per heavy atom. The van der Waals surface area contributed by atoms with Gasteiger partial charge in [-0.2, -0.15) is 5.26 Å². The number of nitrogens with one attached hydrogen (secondary N) is 1. The van der Waals surface area contributed by atoms with Crippen molar-refractivity contribution < 1.29 is 15.0 Å². The van der Waals surface area contributed by atoms with E-state index in [2.05, 4.69) is 5.32 Å². The zero-order valence-corrected chi connectivity index (χ0v) is 8.56. The molecule has 0 aliphatic heterocycles. The van der Waals surface area contributed by atoms with Gasteiger partial charge in [-0.15, -0.1) is 0 Å². The second-order valence-corrected chi connectivity index (χ2v) is 3.04. The quantitative estimate of drug-likeness (QED) is 0.305. The number of aliphatic hydroxyl groups excluding tert-OH is 1. The van der Waals surface area contributed by atoms with Crippen LogP contribution in [0.3, 0.4) is 0 Å². The van der Waals surface area contributed by atoms with E-state index in [4.69, 9.17) is 10.4 Å². The average molecular weight is 218 g/mol. The molecular weight excluding hydrogens is 208 g/mol. The molecule has 0 bridgehead atoms. The normalized spacial score (nSPS) is 11.2. The van der Waals surface area contributed by atoms with Gasteiger partial charge >= 0.3 is 0 Å². The number of carbonyl (C=O) groups excluding carboxylic acids is 1. The molecule has 0 saturated heterocycles. The first-order valence-corrected chi connectivity index (χ1v) is 4.45. The summed E-state index contributed by atoms with van der Waals surface area (Å²) in [6.45, 7) is 1.24. The molecule has 82 valence electrons. The monoisotopic (exact) mass is 218 g/mol. The molecule has 0 heterocycles. The van der Waals surface area contributed by atoms with Gasteiger partial charge in [0, 0.05) is 0 Å². The van der Waals surface area contributed by atoms with Crippen molar-refractivity contribution in [2.75, 3.05) is 5.32 Å². The van der Waals surface area contributed by atoms with Gasteiger partial charge in [0.05, 0.1) is 5.69 Å². The van der Waals surface area contributed by atoms with Crippen LogP contribution in [0.4, 0.5) is 5.69 Å². The topological polar surface area (TPSA) is 93.3 Å². The molecule has 0 saturated carbocycles. The molecule has 3 N–H and O–H groups in total. The maximum atomic E-state index is 11.5. The van der Waals surface area contributed by atoms with Gasteiger partial charge in [-0.25, -0.2) is 0 Å². The van der Waals surface area contributed by atoms with Crippen LogP contribution in [0.25, 0.3) is 0 Å². The first-order valence-electron chi connectivity index (χ1n) is 4.45. The number of nitrogens with zero attached hydrogens (tertiary/aromatic N) is 1. The van der Waals surface area contributed by atoms with Crippen LogP contribution in [-0.4, -0.2) is 16.1 Å². The van der Waals surface area contributed by atoms with Crippen molar-refractivity contribution in [3.63, 3.8) is 0 Å². The molecule has 1 aromatic carbocycles. The first-order chi connectivity index (χ1) is 7.56. The van der Waals surface area contributed by atoms with E-state index in [0.29, 0.717) is 0 Å². The number of carbonyl (C=O) groups is 1. The minimum Gasteiger partial charge on any atom is -0.511 e. The summed E-state index contributed by atoms with van der Waals surface area (Å²) in [6, 6.07) is 7.68. The smallest absolute Gasteiger partial charge is 0.269 e. The lowest BCUT2D eigenvalue weighted by molar-refractivity contribution is -0.112. The van der Waals surface area contributed by atoms with E-state index in [1.54, 1.807) is 18.2 Å². The third-order valence-electron chi connectivity index (χ3n) is 1.85. The fourth-order valence-corrected chi connectivity index (χ4v) is 1.06. The van der Waals surface area contributed by atoms with Gasteiger partial charge in [0.25, 0.3) is 5.91 Å². The van der Waals surface area contributed by atoms with E-state index in [9.17, 15) is 9.90 Å². The van der Waals surface area contributed by atoms with E-state index in [1.165, 1.54) is 19.1 Å². The highest BCUT2D eigenvalue weighted by molar-refractivity contribution is 6.07. The number of amides is 1. The zero-order chi connectivity index (χ0) is 12.1. The maximum absolute atomic E-state index is 11.5. The predicted molar refractivity (Wildman–Crippen MR) is 57.7 cm³/mol. The van der Waals surface area contributed by atoms with Gasteiger partial charge in [-0.1, -0.05) is 12.1 Å². The number of rotatable bonds is 2. The highest BCUT2D eigenvalue weighted by atomic mass is 16.3. The fraction of sp³-hybridized carbons (Fsp3) is 0.0909. The number of nitriles is 1. The number of anilines is 1. The van der Waals surface area contributed by atoms with E-state index < -0.39 is 5.91 Å². The first kappa shape index (κ1) is 11.6. The van der Waals surface area contributed by atoms with Crippen LogP contribution >= 0.6 is 0 Å². The summed E-state index contributed by atoms with van der Waals surface area (Å²) in [7, 11) is 0. The van der Waals surface area contributed by atoms with Gasteiger partial charge in [0.2, 0.25) is 0 Å². The second kappa shape index (κ2) is 4.84. The minimum absolute atomic E-state index is 0.108. The Morgan fingerprint density at radius 1 is 1.44 bits per heavy atom. The molecule has 5 nitrogen and oxygen atoms in total. The van der Waals surface area contributed by atoms with E-state index in [0.717, 1.165) is 0 Å². The predicted octanol–water partition coefficient (Wildman–Crippen LogP) is 1.69. The summed E-state index contributed by atoms with van der Waals surface area (Å²) in [5, 5.41) is 29.4. The number of benzene rings is 1. The SMILES string of the molecule is C/C(O)=C(/C#N)C(=O)Nc1ccccc1O. The molecule has 1 aromatic rings. The molecule has 0 unspecified atom stereocenters. The van der Waals surface area contributed by atoms with Crippen LogP contribution in [0.2, 0.25) is 0 Å². The Kier molecular flexibility index (Phi) is 3.51. The summed E-state index contributed by atoms with van der Waals surface area (Å²) in [6.07, 6.45) is 0. The molecule has 0 aliphatic carbocycles. The molecular formula is C11H10N2O3. The molecule has 1 amide bonds. The van der Waals surface area contributed by atoms with Gasteiger partial charge < -0.3 is 15.5 Å². The lowest BCUT2D eigenvalue weighted by atomic mass is 10.2. The molecule has 0 fully saturated rings. The molecule has 0 aliphatic rings. The summed E-state index contributed by atoms with van der Waals surface area (Å²) < 4.78 is 0. The molecule has 1 rings (SSSR count). The van der Waals surface area contributed by atoms with Crippen molar-refractivity contribution in [1.82, 2.24) is 0 Å². The lowest BCUT2D eigenvalue weighted by Gasteiger charge is -2.06. The van der Waals surface area contributed by atoms with Crippen molar-refractivity contribution in [2.24, 2.45) is 0 Å². The Labute approximate surface area is 92.3 Å². The Morgan fingerprint density at radius 2 is 2.06 bits per heavy atom. The lowest BCUT2D eigenvalue weighted by Crippen LogP contribution is -2.14. The molecule has 16 heavy (non-hydrogen) atoms. The van der Waals surface area contributed by atoms with Crippen LogP contribution < -0.4 is 5.32 Å². The molecule has 0 atom stereocenters. The summed E-state index contributed by atoms with van der Waals surface area (Å²) in [5.41, 5.74) is -0.204. The van der Waals surface area contributed by atoms with Crippen molar-refractivity contribution in [1.29, 1.82) is 5.26 Å². The summed E-state index contributed by atoms with van der Waals surface area (Å²) in [5.74, 6) is -1.23. The third-order valence-corrected chi connectivity index (χ3v) is 1.85. The van der Waals surface area contributed by atoms with Crippen LogP contribution in [-0.2, 0) is 4.79 Å². The number of phenolic OH excluding ortho intramolecular Hbond substituents is 1. The van der Waals surface area contributed by atoms with Crippen molar-refractivity contribution in [2.45, 2.75) is 6.92 Å². The van der Waals surface area contributed by atoms with E-state index >= 15 is 0 Å². The van der Waals surface area contributed by atoms with Crippen molar-refractivity contribution in [3.8, 4) is 11.8 Å². The summed E-state index contributed by atoms with van der Waals surface area (Å²) >= 11 is 0. The Balaban J connectivity index is 2.93. The highest BCUT2D eigenvalue weighted by Gasteiger charge is 2.13. The zero-order valence-electron chi connectivity index (χ0n) is 8.56. The Hall–Kier alpha value is -2.48. The van der Waals surface area contributed by atoms with Gasteiger partial charge in [-0.3, -0.25) is 4.79 Å². The third kappa shape index (κ3) is 2.51. The largest absolute Gasteiger partial charge is 0.511 e. The van der Waals surface area contributed by atoms with E-state index in [-0.39, 0.29) is 22.8 Å². The fourth-order valence-electron chi connectivity index (χ4n) is 1.06. The number of aromatic hydroxyl groups is 1. The average Bonchev–Trinajstić information content (AvgIpc) is 2.22. The van der Waals surface area contributed by atoms with Crippen molar-refractivity contribution >= 4 is 11.6 Å². The second-order valence-electron chi connectivity index (χ2n) is 3.04. The standard InChI is InChI=1S/C11H10N2O3/c1-7(14)8(6-12)11(16)13-9-4-2-3-5-10(9)15/h2-5,14-15H,1H3,(H,13,16)/b8-7+. The van der Waals surface area contributed by atoms with Crippen LogP contribution in [0.15, 0.2) is 35.6 Å². The molecule has 0 aromatic heterocycles.